The summed E-state index contributed by atoms with van der Waals surface area (Å²) in [6, 6.07) is 12.2. The van der Waals surface area contributed by atoms with Gasteiger partial charge in [-0.05, 0) is 36.5 Å². The van der Waals surface area contributed by atoms with Crippen molar-refractivity contribution in [1.29, 1.82) is 0 Å². The number of hydrogen-bond acceptors (Lipinski definition) is 2. The van der Waals surface area contributed by atoms with Crippen LogP contribution >= 0.6 is 11.6 Å². The smallest absolute Gasteiger partial charge is 0.149 e. The van der Waals surface area contributed by atoms with E-state index in [0.29, 0.717) is 11.1 Å². The van der Waals surface area contributed by atoms with Gasteiger partial charge in [-0.25, -0.2) is 0 Å². The molecule has 1 aromatic heterocycles. The van der Waals surface area contributed by atoms with Gasteiger partial charge in [-0.15, -0.1) is 10.2 Å². The van der Waals surface area contributed by atoms with Crippen LogP contribution in [0.4, 0.5) is 0 Å². The average Bonchev–Trinajstić information content (AvgIpc) is 2.29. The Balaban J connectivity index is 2.04. The van der Waals surface area contributed by atoms with E-state index < -0.39 is 0 Å². The largest absolute Gasteiger partial charge is 0.151 e. The number of halogens is 1. The Morgan fingerprint density at radius 3 is 2.47 bits per heavy atom. The third kappa shape index (κ3) is 2.05. The second kappa shape index (κ2) is 4.46. The quantitative estimate of drug-likeness (QED) is 0.796. The summed E-state index contributed by atoms with van der Waals surface area (Å²) in [5, 5.41) is 8.52. The molecular formula is C14H13ClN2. The van der Waals surface area contributed by atoms with Gasteiger partial charge in [0.05, 0.1) is 5.69 Å². The highest BCUT2D eigenvalue weighted by molar-refractivity contribution is 6.29. The number of hydrogen-bond donors (Lipinski definition) is 0. The topological polar surface area (TPSA) is 25.8 Å². The first-order chi connectivity index (χ1) is 8.34. The summed E-state index contributed by atoms with van der Waals surface area (Å²) >= 11 is 5.77. The molecule has 17 heavy (non-hydrogen) atoms. The molecule has 1 saturated carbocycles. The van der Waals surface area contributed by atoms with Gasteiger partial charge in [0.2, 0.25) is 0 Å². The van der Waals surface area contributed by atoms with E-state index in [-0.39, 0.29) is 0 Å². The van der Waals surface area contributed by atoms with Crippen LogP contribution in [0.15, 0.2) is 36.4 Å². The van der Waals surface area contributed by atoms with Crippen molar-refractivity contribution in [2.75, 3.05) is 0 Å². The minimum atomic E-state index is 0.440. The summed E-state index contributed by atoms with van der Waals surface area (Å²) in [4.78, 5) is 0. The summed E-state index contributed by atoms with van der Waals surface area (Å²) in [5.74, 6) is 0.698. The van der Waals surface area contributed by atoms with Crippen LogP contribution in [0.3, 0.4) is 0 Å². The summed E-state index contributed by atoms with van der Waals surface area (Å²) in [6.07, 6.45) is 3.92. The van der Waals surface area contributed by atoms with Crippen molar-refractivity contribution >= 4 is 11.6 Å². The molecule has 1 aliphatic carbocycles. The predicted octanol–water partition coefficient (Wildman–Crippen LogP) is 4.06. The molecule has 0 saturated heterocycles. The average molecular weight is 245 g/mol. The lowest BCUT2D eigenvalue weighted by atomic mass is 9.78. The number of rotatable bonds is 2. The molecule has 0 atom stereocenters. The van der Waals surface area contributed by atoms with Crippen molar-refractivity contribution in [3.63, 3.8) is 0 Å². The Morgan fingerprint density at radius 1 is 1.00 bits per heavy atom. The van der Waals surface area contributed by atoms with Crippen LogP contribution in [-0.2, 0) is 0 Å². The van der Waals surface area contributed by atoms with E-state index in [2.05, 4.69) is 28.4 Å². The molecule has 1 heterocycles. The number of benzene rings is 1. The maximum atomic E-state index is 5.77. The minimum Gasteiger partial charge on any atom is -0.149 e. The Morgan fingerprint density at radius 2 is 1.82 bits per heavy atom. The molecule has 0 radical (unpaired) electrons. The Bertz CT molecular complexity index is 518. The first kappa shape index (κ1) is 10.7. The summed E-state index contributed by atoms with van der Waals surface area (Å²) in [7, 11) is 0. The van der Waals surface area contributed by atoms with Crippen LogP contribution in [0.1, 0.15) is 30.7 Å². The van der Waals surface area contributed by atoms with Gasteiger partial charge in [-0.2, -0.15) is 0 Å². The third-order valence-corrected chi connectivity index (χ3v) is 3.62. The standard InChI is InChI=1S/C14H13ClN2/c15-14-9-8-13(16-17-14)12-7-2-1-6-11(12)10-4-3-5-10/h1-2,6-10H,3-5H2. The lowest BCUT2D eigenvalue weighted by molar-refractivity contribution is 0.420. The zero-order valence-corrected chi connectivity index (χ0v) is 10.2. The second-order valence-electron chi connectivity index (χ2n) is 4.46. The van der Waals surface area contributed by atoms with Crippen molar-refractivity contribution in [3.8, 4) is 11.3 Å². The maximum Gasteiger partial charge on any atom is 0.151 e. The lowest BCUT2D eigenvalue weighted by Gasteiger charge is -2.27. The highest BCUT2D eigenvalue weighted by Gasteiger charge is 2.22. The van der Waals surface area contributed by atoms with Crippen LogP contribution < -0.4 is 0 Å². The van der Waals surface area contributed by atoms with Crippen molar-refractivity contribution in [2.45, 2.75) is 25.2 Å². The van der Waals surface area contributed by atoms with Gasteiger partial charge in [0.25, 0.3) is 0 Å². The van der Waals surface area contributed by atoms with Gasteiger partial charge in [-0.3, -0.25) is 0 Å². The third-order valence-electron chi connectivity index (χ3n) is 3.41. The van der Waals surface area contributed by atoms with E-state index in [4.69, 9.17) is 11.6 Å². The fourth-order valence-corrected chi connectivity index (χ4v) is 2.37. The fraction of sp³-hybridized carbons (Fsp3) is 0.286. The van der Waals surface area contributed by atoms with Crippen molar-refractivity contribution < 1.29 is 0 Å². The van der Waals surface area contributed by atoms with Crippen molar-refractivity contribution in [2.24, 2.45) is 0 Å². The summed E-state index contributed by atoms with van der Waals surface area (Å²) in [5.41, 5.74) is 3.51. The second-order valence-corrected chi connectivity index (χ2v) is 4.84. The molecule has 2 nitrogen and oxygen atoms in total. The van der Waals surface area contributed by atoms with E-state index in [0.717, 1.165) is 5.69 Å². The SMILES string of the molecule is Clc1ccc(-c2ccccc2C2CCC2)nn1. The van der Waals surface area contributed by atoms with Gasteiger partial charge in [0.15, 0.2) is 5.15 Å². The molecular weight excluding hydrogens is 232 g/mol. The predicted molar refractivity (Wildman–Crippen MR) is 69.1 cm³/mol. The maximum absolute atomic E-state index is 5.77. The van der Waals surface area contributed by atoms with Gasteiger partial charge < -0.3 is 0 Å². The molecule has 0 aliphatic heterocycles. The molecule has 1 fully saturated rings. The molecule has 0 bridgehead atoms. The molecule has 0 amide bonds. The highest BCUT2D eigenvalue weighted by atomic mass is 35.5. The molecule has 2 aromatic rings. The number of aromatic nitrogens is 2. The van der Waals surface area contributed by atoms with E-state index in [9.17, 15) is 0 Å². The molecule has 86 valence electrons. The van der Waals surface area contributed by atoms with Crippen molar-refractivity contribution in [1.82, 2.24) is 10.2 Å². The molecule has 1 aromatic carbocycles. The molecule has 0 N–H and O–H groups in total. The molecule has 0 spiro atoms. The summed E-state index contributed by atoms with van der Waals surface area (Å²) in [6.45, 7) is 0. The van der Waals surface area contributed by atoms with Gasteiger partial charge in [-0.1, -0.05) is 42.3 Å². The fourth-order valence-electron chi connectivity index (χ4n) is 2.27. The normalized spacial score (nSPS) is 15.6. The zero-order chi connectivity index (χ0) is 11.7. The number of nitrogens with zero attached hydrogens (tertiary/aromatic N) is 2. The van der Waals surface area contributed by atoms with Gasteiger partial charge >= 0.3 is 0 Å². The lowest BCUT2D eigenvalue weighted by Crippen LogP contribution is -2.10. The van der Waals surface area contributed by atoms with Crippen LogP contribution in [0.2, 0.25) is 5.15 Å². The molecule has 1 aliphatic rings. The molecule has 3 heteroatoms. The monoisotopic (exact) mass is 244 g/mol. The van der Waals surface area contributed by atoms with E-state index in [1.165, 1.54) is 30.4 Å². The Hall–Kier alpha value is -1.41. The van der Waals surface area contributed by atoms with Crippen LogP contribution in [-0.4, -0.2) is 10.2 Å². The first-order valence-corrected chi connectivity index (χ1v) is 6.31. The van der Waals surface area contributed by atoms with Gasteiger partial charge in [0, 0.05) is 5.56 Å². The first-order valence-electron chi connectivity index (χ1n) is 5.93. The highest BCUT2D eigenvalue weighted by Crippen LogP contribution is 2.40. The van der Waals surface area contributed by atoms with Crippen molar-refractivity contribution in [3.05, 3.63) is 47.1 Å². The minimum absolute atomic E-state index is 0.440. The van der Waals surface area contributed by atoms with Gasteiger partial charge in [0.1, 0.15) is 0 Å². The molecule has 0 unspecified atom stereocenters. The Kier molecular flexibility index (Phi) is 2.81. The molecule has 3 rings (SSSR count). The van der Waals surface area contributed by atoms with E-state index in [1.54, 1.807) is 6.07 Å². The van der Waals surface area contributed by atoms with E-state index >= 15 is 0 Å². The zero-order valence-electron chi connectivity index (χ0n) is 9.44. The van der Waals surface area contributed by atoms with E-state index in [1.807, 2.05) is 12.1 Å². The van der Waals surface area contributed by atoms with Crippen LogP contribution in [0.25, 0.3) is 11.3 Å². The van der Waals surface area contributed by atoms with Crippen LogP contribution in [0, 0.1) is 0 Å². The van der Waals surface area contributed by atoms with Crippen LogP contribution in [0.5, 0.6) is 0 Å². The summed E-state index contributed by atoms with van der Waals surface area (Å²) < 4.78 is 0. The Labute approximate surface area is 106 Å².